The Hall–Kier alpha value is -4.08. The van der Waals surface area contributed by atoms with Gasteiger partial charge in [0.05, 0.1) is 24.0 Å². The molecule has 1 aromatic heterocycles. The van der Waals surface area contributed by atoms with Gasteiger partial charge in [-0.2, -0.15) is 18.3 Å². The lowest BCUT2D eigenvalue weighted by atomic mass is 10.1. The van der Waals surface area contributed by atoms with Gasteiger partial charge in [-0.3, -0.25) is 9.69 Å². The molecule has 0 unspecified atom stereocenters. The van der Waals surface area contributed by atoms with Gasteiger partial charge in [-0.25, -0.2) is 9.48 Å². The summed E-state index contributed by atoms with van der Waals surface area (Å²) < 4.78 is 40.2. The molecule has 2 heterocycles. The summed E-state index contributed by atoms with van der Waals surface area (Å²) in [6.45, 7) is 0.122. The first kappa shape index (κ1) is 20.2. The van der Waals surface area contributed by atoms with E-state index in [1.165, 1.54) is 23.0 Å². The summed E-state index contributed by atoms with van der Waals surface area (Å²) in [5.74, 6) is -0.305. The number of carbonyl (C=O) groups excluding carboxylic acids is 1. The number of hydrogen-bond acceptors (Lipinski definition) is 3. The molecule has 0 fully saturated rings. The first-order valence-corrected chi connectivity index (χ1v) is 9.08. The highest BCUT2D eigenvalue weighted by Gasteiger charge is 2.31. The number of carbonyl (C=O) groups is 2. The fourth-order valence-electron chi connectivity index (χ4n) is 3.26. The van der Waals surface area contributed by atoms with Crippen LogP contribution in [0.4, 0.5) is 29.5 Å². The third kappa shape index (κ3) is 4.00. The number of halogens is 3. The van der Waals surface area contributed by atoms with Crippen molar-refractivity contribution in [3.63, 3.8) is 0 Å². The predicted molar refractivity (Wildman–Crippen MR) is 107 cm³/mol. The van der Waals surface area contributed by atoms with Crippen LogP contribution in [0.15, 0.2) is 66.9 Å². The molecule has 2 aromatic carbocycles. The number of benzene rings is 2. The van der Waals surface area contributed by atoms with Crippen LogP contribution >= 0.6 is 0 Å². The van der Waals surface area contributed by atoms with Crippen molar-refractivity contribution >= 4 is 29.2 Å². The Bertz CT molecular complexity index is 1200. The maximum absolute atomic E-state index is 12.9. The van der Waals surface area contributed by atoms with Gasteiger partial charge in [-0.1, -0.05) is 18.2 Å². The van der Waals surface area contributed by atoms with Gasteiger partial charge in [0.2, 0.25) is 0 Å². The van der Waals surface area contributed by atoms with Gasteiger partial charge < -0.3 is 10.4 Å². The minimum atomic E-state index is -4.55. The number of rotatable bonds is 3. The third-order valence-corrected chi connectivity index (χ3v) is 4.69. The molecule has 0 bridgehead atoms. The monoisotopic (exact) mass is 428 g/mol. The fourth-order valence-corrected chi connectivity index (χ4v) is 3.26. The van der Waals surface area contributed by atoms with Gasteiger partial charge >= 0.3 is 12.3 Å². The first-order valence-electron chi connectivity index (χ1n) is 9.08. The van der Waals surface area contributed by atoms with Crippen LogP contribution < -0.4 is 10.2 Å². The van der Waals surface area contributed by atoms with Gasteiger partial charge in [-0.15, -0.1) is 0 Å². The molecule has 0 aliphatic carbocycles. The zero-order chi connectivity index (χ0) is 22.2. The zero-order valence-electron chi connectivity index (χ0n) is 15.8. The van der Waals surface area contributed by atoms with E-state index >= 15 is 0 Å². The van der Waals surface area contributed by atoms with E-state index < -0.39 is 23.7 Å². The van der Waals surface area contributed by atoms with E-state index in [2.05, 4.69) is 10.4 Å². The highest BCUT2D eigenvalue weighted by atomic mass is 19.4. The number of amides is 2. The second kappa shape index (κ2) is 7.63. The second-order valence-corrected chi connectivity index (χ2v) is 6.70. The minimum absolute atomic E-state index is 0.122. The molecule has 0 saturated heterocycles. The second-order valence-electron chi connectivity index (χ2n) is 6.70. The van der Waals surface area contributed by atoms with E-state index in [9.17, 15) is 27.9 Å². The number of fused-ring (bicyclic) bond motifs is 1. The van der Waals surface area contributed by atoms with Gasteiger partial charge in [0, 0.05) is 22.9 Å². The van der Waals surface area contributed by atoms with Crippen molar-refractivity contribution in [1.82, 2.24) is 9.78 Å². The van der Waals surface area contributed by atoms with Crippen LogP contribution in [0.1, 0.15) is 21.5 Å². The summed E-state index contributed by atoms with van der Waals surface area (Å²) in [4.78, 5) is 25.0. The van der Waals surface area contributed by atoms with Crippen molar-refractivity contribution in [2.24, 2.45) is 0 Å². The number of nitrogens with one attached hydrogen (secondary N) is 1. The van der Waals surface area contributed by atoms with Crippen molar-refractivity contribution in [2.45, 2.75) is 6.18 Å². The van der Waals surface area contributed by atoms with Crippen molar-refractivity contribution in [3.05, 3.63) is 83.6 Å². The zero-order valence-corrected chi connectivity index (χ0v) is 15.8. The SMILES string of the molecule is O=C(Nc1cccc(C2=CCN(C(=O)O)c3ccnn32)c1)c1cccc(C(F)(F)F)c1. The van der Waals surface area contributed by atoms with Gasteiger partial charge in [0.25, 0.3) is 5.91 Å². The Morgan fingerprint density at radius 2 is 1.84 bits per heavy atom. The maximum atomic E-state index is 12.9. The number of aromatic nitrogens is 2. The minimum Gasteiger partial charge on any atom is -0.465 e. The van der Waals surface area contributed by atoms with Crippen LogP contribution in [0.3, 0.4) is 0 Å². The molecule has 10 heteroatoms. The van der Waals surface area contributed by atoms with Crippen LogP contribution in [0.2, 0.25) is 0 Å². The summed E-state index contributed by atoms with van der Waals surface area (Å²) in [6.07, 6.45) is -2.50. The Balaban J connectivity index is 1.59. The largest absolute Gasteiger partial charge is 0.465 e. The summed E-state index contributed by atoms with van der Waals surface area (Å²) >= 11 is 0. The van der Waals surface area contributed by atoms with Crippen LogP contribution in [-0.4, -0.2) is 33.4 Å². The average Bonchev–Trinajstić information content (AvgIpc) is 3.22. The van der Waals surface area contributed by atoms with Crippen molar-refractivity contribution < 1.29 is 27.9 Å². The molecule has 0 saturated carbocycles. The maximum Gasteiger partial charge on any atom is 0.416 e. The molecule has 1 aliphatic heterocycles. The van der Waals surface area contributed by atoms with Crippen molar-refractivity contribution in [1.29, 1.82) is 0 Å². The van der Waals surface area contributed by atoms with E-state index in [-0.39, 0.29) is 12.1 Å². The lowest BCUT2D eigenvalue weighted by Crippen LogP contribution is -2.34. The molecule has 31 heavy (non-hydrogen) atoms. The third-order valence-electron chi connectivity index (χ3n) is 4.69. The van der Waals surface area contributed by atoms with Gasteiger partial charge in [-0.05, 0) is 36.4 Å². The fraction of sp³-hybridized carbons (Fsp3) is 0.0952. The van der Waals surface area contributed by atoms with E-state index in [0.29, 0.717) is 22.8 Å². The molecule has 1 aliphatic rings. The number of carboxylic acid groups (broad SMARTS) is 1. The van der Waals surface area contributed by atoms with E-state index in [1.54, 1.807) is 36.4 Å². The molecular weight excluding hydrogens is 413 g/mol. The molecule has 7 nitrogen and oxygen atoms in total. The summed E-state index contributed by atoms with van der Waals surface area (Å²) in [5.41, 5.74) is 0.610. The average molecular weight is 428 g/mol. The first-order chi connectivity index (χ1) is 14.7. The van der Waals surface area contributed by atoms with Crippen LogP contribution in [0, 0.1) is 0 Å². The molecule has 3 aromatic rings. The Kier molecular flexibility index (Phi) is 4.97. The summed E-state index contributed by atoms with van der Waals surface area (Å²) in [5, 5.41) is 16.1. The topological polar surface area (TPSA) is 87.5 Å². The van der Waals surface area contributed by atoms with Crippen molar-refractivity contribution in [3.8, 4) is 0 Å². The highest BCUT2D eigenvalue weighted by Crippen LogP contribution is 2.31. The predicted octanol–water partition coefficient (Wildman–Crippen LogP) is 4.54. The highest BCUT2D eigenvalue weighted by molar-refractivity contribution is 6.04. The summed E-state index contributed by atoms with van der Waals surface area (Å²) in [7, 11) is 0. The van der Waals surface area contributed by atoms with Crippen molar-refractivity contribution in [2.75, 3.05) is 16.8 Å². The lowest BCUT2D eigenvalue weighted by molar-refractivity contribution is -0.137. The normalized spacial score (nSPS) is 13.4. The summed E-state index contributed by atoms with van der Waals surface area (Å²) in [6, 6.07) is 12.4. The molecule has 0 atom stereocenters. The van der Waals surface area contributed by atoms with E-state index in [4.69, 9.17) is 0 Å². The quantitative estimate of drug-likeness (QED) is 0.641. The molecule has 0 radical (unpaired) electrons. The molecule has 4 rings (SSSR count). The Morgan fingerprint density at radius 3 is 2.58 bits per heavy atom. The van der Waals surface area contributed by atoms with E-state index in [1.807, 2.05) is 0 Å². The van der Waals surface area contributed by atoms with Crippen LogP contribution in [0.5, 0.6) is 0 Å². The molecular formula is C21H15F3N4O3. The number of anilines is 2. The molecule has 0 spiro atoms. The van der Waals surface area contributed by atoms with E-state index in [0.717, 1.165) is 17.0 Å². The Morgan fingerprint density at radius 1 is 1.06 bits per heavy atom. The number of hydrogen-bond donors (Lipinski definition) is 2. The standard InChI is InChI=1S/C21H15F3N4O3/c22-21(23,24)15-5-1-4-14(11-15)19(29)26-16-6-2-3-13(12-16)17-8-10-27(20(30)31)18-7-9-25-28(17)18/h1-9,11-12H,10H2,(H,26,29)(H,30,31). The molecule has 2 amide bonds. The lowest BCUT2D eigenvalue weighted by Gasteiger charge is -2.25. The van der Waals surface area contributed by atoms with Crippen LogP contribution in [-0.2, 0) is 6.18 Å². The smallest absolute Gasteiger partial charge is 0.416 e. The van der Waals surface area contributed by atoms with Gasteiger partial charge in [0.1, 0.15) is 5.82 Å². The molecule has 2 N–H and O–H groups in total. The van der Waals surface area contributed by atoms with Crippen LogP contribution in [0.25, 0.3) is 5.70 Å². The Labute approximate surface area is 174 Å². The van der Waals surface area contributed by atoms with Gasteiger partial charge in [0.15, 0.2) is 0 Å². The molecule has 158 valence electrons. The number of alkyl halides is 3. The number of nitrogens with zero attached hydrogens (tertiary/aromatic N) is 3.